The summed E-state index contributed by atoms with van der Waals surface area (Å²) >= 11 is 0. The van der Waals surface area contributed by atoms with Crippen molar-refractivity contribution in [3.05, 3.63) is 29.8 Å². The zero-order valence-electron chi connectivity index (χ0n) is 10.5. The van der Waals surface area contributed by atoms with Crippen LogP contribution in [-0.2, 0) is 16.2 Å². The van der Waals surface area contributed by atoms with Gasteiger partial charge >= 0.3 is 6.18 Å². The quantitative estimate of drug-likeness (QED) is 0.895. The number of alkyl halides is 3. The zero-order valence-corrected chi connectivity index (χ0v) is 11.3. The monoisotopic (exact) mass is 308 g/mol. The molecule has 1 saturated carbocycles. The lowest BCUT2D eigenvalue weighted by Crippen LogP contribution is -2.44. The van der Waals surface area contributed by atoms with E-state index in [1.165, 1.54) is 6.07 Å². The van der Waals surface area contributed by atoms with Gasteiger partial charge in [0.15, 0.2) is 0 Å². The summed E-state index contributed by atoms with van der Waals surface area (Å²) in [6, 6.07) is 3.25. The van der Waals surface area contributed by atoms with Gasteiger partial charge in [-0.05, 0) is 25.0 Å². The third-order valence-corrected chi connectivity index (χ3v) is 4.91. The molecule has 0 aromatic heterocycles. The van der Waals surface area contributed by atoms with Crippen LogP contribution in [0.25, 0.3) is 0 Å². The van der Waals surface area contributed by atoms with Gasteiger partial charge in [0.05, 0.1) is 10.5 Å². The average molecular weight is 308 g/mol. The minimum absolute atomic E-state index is 0.358. The Bertz CT molecular complexity index is 587. The van der Waals surface area contributed by atoms with Crippen molar-refractivity contribution in [3.63, 3.8) is 0 Å². The highest BCUT2D eigenvalue weighted by Gasteiger charge is 2.38. The Hall–Kier alpha value is -1.12. The Morgan fingerprint density at radius 2 is 1.85 bits per heavy atom. The molecule has 2 unspecified atom stereocenters. The summed E-state index contributed by atoms with van der Waals surface area (Å²) < 4.78 is 65.1. The lowest BCUT2D eigenvalue weighted by atomic mass is 10.2. The fourth-order valence-corrected chi connectivity index (χ4v) is 3.88. The van der Waals surface area contributed by atoms with E-state index in [0.717, 1.165) is 24.6 Å². The molecule has 0 spiro atoms. The normalized spacial score (nSPS) is 24.0. The van der Waals surface area contributed by atoms with Crippen molar-refractivity contribution in [2.75, 3.05) is 0 Å². The van der Waals surface area contributed by atoms with Gasteiger partial charge < -0.3 is 5.73 Å². The number of rotatable bonds is 3. The van der Waals surface area contributed by atoms with Crippen LogP contribution in [0.2, 0.25) is 0 Å². The Kier molecular flexibility index (Phi) is 4.08. The van der Waals surface area contributed by atoms with Crippen molar-refractivity contribution in [1.82, 2.24) is 4.72 Å². The smallest absolute Gasteiger partial charge is 0.326 e. The summed E-state index contributed by atoms with van der Waals surface area (Å²) in [5.41, 5.74) is 4.57. The van der Waals surface area contributed by atoms with Gasteiger partial charge in [0, 0.05) is 12.1 Å². The summed E-state index contributed by atoms with van der Waals surface area (Å²) in [6.07, 6.45) is -2.76. The lowest BCUT2D eigenvalue weighted by Gasteiger charge is -2.19. The van der Waals surface area contributed by atoms with Crippen LogP contribution >= 0.6 is 0 Å². The first-order valence-electron chi connectivity index (χ1n) is 6.16. The Morgan fingerprint density at radius 3 is 2.40 bits per heavy atom. The molecule has 1 aromatic carbocycles. The molecule has 20 heavy (non-hydrogen) atoms. The predicted molar refractivity (Wildman–Crippen MR) is 67.4 cm³/mol. The number of hydrogen-bond donors (Lipinski definition) is 2. The predicted octanol–water partition coefficient (Wildman–Crippen LogP) is 1.86. The molecule has 3 N–H and O–H groups in total. The third kappa shape index (κ3) is 3.13. The fraction of sp³-hybridized carbons (Fsp3) is 0.500. The van der Waals surface area contributed by atoms with Gasteiger partial charge in [-0.15, -0.1) is 0 Å². The van der Waals surface area contributed by atoms with E-state index in [4.69, 9.17) is 5.73 Å². The summed E-state index contributed by atoms with van der Waals surface area (Å²) in [7, 11) is -4.24. The molecule has 0 aliphatic heterocycles. The molecule has 2 rings (SSSR count). The molecule has 1 fully saturated rings. The lowest BCUT2D eigenvalue weighted by molar-refractivity contribution is -0.139. The second kappa shape index (κ2) is 5.34. The van der Waals surface area contributed by atoms with Crippen molar-refractivity contribution in [3.8, 4) is 0 Å². The highest BCUT2D eigenvalue weighted by Crippen LogP contribution is 2.34. The van der Waals surface area contributed by atoms with Gasteiger partial charge in [-0.3, -0.25) is 0 Å². The molecule has 0 radical (unpaired) electrons. The summed E-state index contributed by atoms with van der Waals surface area (Å²) in [4.78, 5) is -0.758. The SMILES string of the molecule is NC1CCCC1NS(=O)(=O)c1ccccc1C(F)(F)F. The Balaban J connectivity index is 2.35. The maximum atomic E-state index is 12.9. The molecule has 1 aliphatic rings. The molecule has 1 aromatic rings. The van der Waals surface area contributed by atoms with Crippen LogP contribution in [0, 0.1) is 0 Å². The summed E-state index contributed by atoms with van der Waals surface area (Å²) in [5.74, 6) is 0. The number of nitrogens with two attached hydrogens (primary N) is 1. The van der Waals surface area contributed by atoms with E-state index in [2.05, 4.69) is 4.72 Å². The number of halogens is 3. The van der Waals surface area contributed by atoms with Crippen molar-refractivity contribution < 1.29 is 21.6 Å². The van der Waals surface area contributed by atoms with Crippen molar-refractivity contribution in [1.29, 1.82) is 0 Å². The summed E-state index contributed by atoms with van der Waals surface area (Å²) in [6.45, 7) is 0. The molecular weight excluding hydrogens is 293 g/mol. The van der Waals surface area contributed by atoms with Gasteiger partial charge in [0.1, 0.15) is 0 Å². The van der Waals surface area contributed by atoms with Crippen LogP contribution in [-0.4, -0.2) is 20.5 Å². The number of sulfonamides is 1. The molecule has 4 nitrogen and oxygen atoms in total. The molecular formula is C12H15F3N2O2S. The first kappa shape index (κ1) is 15.3. The van der Waals surface area contributed by atoms with Crippen molar-refractivity contribution >= 4 is 10.0 Å². The van der Waals surface area contributed by atoms with Gasteiger partial charge in [-0.25, -0.2) is 13.1 Å². The molecule has 0 saturated heterocycles. The number of hydrogen-bond acceptors (Lipinski definition) is 3. The van der Waals surface area contributed by atoms with Crippen molar-refractivity contribution in [2.45, 2.75) is 42.4 Å². The third-order valence-electron chi connectivity index (χ3n) is 3.36. The molecule has 112 valence electrons. The first-order valence-corrected chi connectivity index (χ1v) is 7.64. The van der Waals surface area contributed by atoms with Gasteiger partial charge in [0.2, 0.25) is 10.0 Å². The Labute approximate surface area is 115 Å². The number of benzene rings is 1. The average Bonchev–Trinajstić information content (AvgIpc) is 2.73. The maximum Gasteiger partial charge on any atom is 0.417 e. The topological polar surface area (TPSA) is 72.2 Å². The van der Waals surface area contributed by atoms with Gasteiger partial charge in [-0.2, -0.15) is 13.2 Å². The minimum Gasteiger partial charge on any atom is -0.326 e. The van der Waals surface area contributed by atoms with Crippen LogP contribution in [0.1, 0.15) is 24.8 Å². The molecule has 8 heteroatoms. The van der Waals surface area contributed by atoms with Crippen LogP contribution in [0.4, 0.5) is 13.2 Å². The van der Waals surface area contributed by atoms with E-state index in [1.54, 1.807) is 0 Å². The van der Waals surface area contributed by atoms with E-state index in [0.29, 0.717) is 12.8 Å². The van der Waals surface area contributed by atoms with Crippen LogP contribution < -0.4 is 10.5 Å². The second-order valence-corrected chi connectivity index (χ2v) is 6.50. The van der Waals surface area contributed by atoms with E-state index < -0.39 is 32.7 Å². The standard InChI is InChI=1S/C12H15F3N2O2S/c13-12(14,15)8-4-1-2-7-11(8)20(18,19)17-10-6-3-5-9(10)16/h1-2,4,7,9-10,17H,3,5-6,16H2. The Morgan fingerprint density at radius 1 is 1.20 bits per heavy atom. The van der Waals surface area contributed by atoms with Crippen LogP contribution in [0.15, 0.2) is 29.2 Å². The molecule has 0 amide bonds. The van der Waals surface area contributed by atoms with Crippen LogP contribution in [0.5, 0.6) is 0 Å². The maximum absolute atomic E-state index is 12.9. The first-order chi connectivity index (χ1) is 9.22. The van der Waals surface area contributed by atoms with Gasteiger partial charge in [-0.1, -0.05) is 18.6 Å². The fourth-order valence-electron chi connectivity index (χ4n) is 2.33. The van der Waals surface area contributed by atoms with E-state index in [9.17, 15) is 21.6 Å². The molecule has 2 atom stereocenters. The highest BCUT2D eigenvalue weighted by atomic mass is 32.2. The van der Waals surface area contributed by atoms with E-state index in [-0.39, 0.29) is 6.04 Å². The minimum atomic E-state index is -4.72. The molecule has 0 heterocycles. The van der Waals surface area contributed by atoms with Crippen LogP contribution in [0.3, 0.4) is 0 Å². The molecule has 1 aliphatic carbocycles. The van der Waals surface area contributed by atoms with E-state index >= 15 is 0 Å². The van der Waals surface area contributed by atoms with E-state index in [1.807, 2.05) is 0 Å². The second-order valence-electron chi connectivity index (χ2n) is 4.82. The van der Waals surface area contributed by atoms with Crippen molar-refractivity contribution in [2.24, 2.45) is 5.73 Å². The zero-order chi connectivity index (χ0) is 15.0. The molecule has 0 bridgehead atoms. The number of nitrogens with one attached hydrogen (secondary N) is 1. The summed E-state index contributed by atoms with van der Waals surface area (Å²) in [5, 5.41) is 0. The largest absolute Gasteiger partial charge is 0.417 e. The van der Waals surface area contributed by atoms with Gasteiger partial charge in [0.25, 0.3) is 0 Å². The highest BCUT2D eigenvalue weighted by molar-refractivity contribution is 7.89.